The summed E-state index contributed by atoms with van der Waals surface area (Å²) in [6, 6.07) is 3.61. The van der Waals surface area contributed by atoms with Crippen LogP contribution in [0.3, 0.4) is 0 Å². The van der Waals surface area contributed by atoms with Gasteiger partial charge in [-0.3, -0.25) is 4.98 Å². The summed E-state index contributed by atoms with van der Waals surface area (Å²) in [7, 11) is -3.18. The molecule has 1 nitrogen and oxygen atoms in total. The van der Waals surface area contributed by atoms with Crippen molar-refractivity contribution in [2.75, 3.05) is 0 Å². The summed E-state index contributed by atoms with van der Waals surface area (Å²) in [5.41, 5.74) is -0.194. The van der Waals surface area contributed by atoms with E-state index in [4.69, 9.17) is 0 Å². The third kappa shape index (κ3) is 3.35. The third-order valence-corrected chi connectivity index (χ3v) is 6.11. The second-order valence-electron chi connectivity index (χ2n) is 5.61. The molecule has 28 heavy (non-hydrogen) atoms. The number of rotatable bonds is 3. The quantitative estimate of drug-likeness (QED) is 0.350. The maximum Gasteiger partial charge on any atom is 0.170 e. The van der Waals surface area contributed by atoms with Gasteiger partial charge in [-0.2, -0.15) is 0 Å². The first-order chi connectivity index (χ1) is 13.1. The van der Waals surface area contributed by atoms with Gasteiger partial charge in [0.05, 0.1) is 16.0 Å². The first kappa shape index (κ1) is 20.2. The van der Waals surface area contributed by atoms with Crippen LogP contribution in [0, 0.1) is 53.5 Å². The molecule has 0 radical (unpaired) electrons. The summed E-state index contributed by atoms with van der Waals surface area (Å²) in [5, 5.41) is -2.82. The molecule has 146 valence electrons. The lowest BCUT2D eigenvalue weighted by Crippen LogP contribution is -2.33. The van der Waals surface area contributed by atoms with Crippen LogP contribution in [0.5, 0.6) is 0 Å². The average Bonchev–Trinajstić information content (AvgIpc) is 2.64. The van der Waals surface area contributed by atoms with Gasteiger partial charge in [0, 0.05) is 25.7 Å². The van der Waals surface area contributed by atoms with Gasteiger partial charge in [0.25, 0.3) is 0 Å². The van der Waals surface area contributed by atoms with Crippen molar-refractivity contribution in [3.63, 3.8) is 0 Å². The molecule has 0 bridgehead atoms. The highest BCUT2D eigenvalue weighted by Crippen LogP contribution is 2.38. The third-order valence-electron chi connectivity index (χ3n) is 3.73. The molecule has 0 unspecified atom stereocenters. The van der Waals surface area contributed by atoms with Gasteiger partial charge in [0.2, 0.25) is 0 Å². The number of aryl methyl sites for hydroxylation is 1. The van der Waals surface area contributed by atoms with Crippen LogP contribution in [0.15, 0.2) is 30.3 Å². The minimum Gasteiger partial charge on any atom is -0.253 e. The van der Waals surface area contributed by atoms with E-state index in [2.05, 4.69) is 4.98 Å². The lowest BCUT2D eigenvalue weighted by molar-refractivity contribution is 0.461. The minimum absolute atomic E-state index is 0.0930. The fraction of sp³-hybridized carbons (Fsp3) is 0.0556. The van der Waals surface area contributed by atoms with E-state index in [1.165, 1.54) is 19.1 Å². The summed E-state index contributed by atoms with van der Waals surface area (Å²) in [4.78, 5) is 3.88. The lowest BCUT2D eigenvalue weighted by atomic mass is 10.3. The maximum absolute atomic E-state index is 14.4. The molecule has 0 saturated carbocycles. The molecule has 0 aliphatic heterocycles. The minimum atomic E-state index is -3.18. The molecule has 0 spiro atoms. The Morgan fingerprint density at radius 1 is 0.643 bits per heavy atom. The molecule has 0 amide bonds. The summed E-state index contributed by atoms with van der Waals surface area (Å²) >= 11 is 0. The second kappa shape index (κ2) is 7.47. The highest BCUT2D eigenvalue weighted by atomic mass is 31.1. The molecule has 1 aromatic heterocycles. The van der Waals surface area contributed by atoms with Gasteiger partial charge in [0.1, 0.15) is 0 Å². The second-order valence-corrected chi connectivity index (χ2v) is 7.63. The van der Waals surface area contributed by atoms with Crippen molar-refractivity contribution in [3.05, 3.63) is 82.6 Å². The molecule has 3 rings (SSSR count). The molecule has 0 fully saturated rings. The Kier molecular flexibility index (Phi) is 5.39. The van der Waals surface area contributed by atoms with Gasteiger partial charge in [-0.15, -0.1) is 0 Å². The first-order valence-corrected chi connectivity index (χ1v) is 8.87. The predicted molar refractivity (Wildman–Crippen MR) is 87.3 cm³/mol. The van der Waals surface area contributed by atoms with Crippen LogP contribution in [0.1, 0.15) is 5.69 Å². The fourth-order valence-corrected chi connectivity index (χ4v) is 4.90. The van der Waals surface area contributed by atoms with Crippen molar-refractivity contribution in [2.24, 2.45) is 0 Å². The molecule has 0 saturated heterocycles. The Morgan fingerprint density at radius 3 is 1.39 bits per heavy atom. The van der Waals surface area contributed by atoms with E-state index in [0.29, 0.717) is 0 Å². The Morgan fingerprint density at radius 2 is 1.04 bits per heavy atom. The molecule has 0 atom stereocenters. The van der Waals surface area contributed by atoms with Crippen LogP contribution in [0.4, 0.5) is 35.1 Å². The highest BCUT2D eigenvalue weighted by molar-refractivity contribution is 7.79. The first-order valence-electron chi connectivity index (χ1n) is 7.53. The number of benzene rings is 2. The molecule has 2 aromatic carbocycles. The summed E-state index contributed by atoms with van der Waals surface area (Å²) in [5.74, 6) is -15.2. The Balaban J connectivity index is 2.48. The summed E-state index contributed by atoms with van der Waals surface area (Å²) < 4.78 is 113. The van der Waals surface area contributed by atoms with Crippen LogP contribution in [0.2, 0.25) is 0 Å². The van der Waals surface area contributed by atoms with Crippen molar-refractivity contribution in [2.45, 2.75) is 6.92 Å². The zero-order chi connectivity index (χ0) is 20.7. The molecule has 10 heteroatoms. The Hall–Kier alpha value is -2.54. The lowest BCUT2D eigenvalue weighted by Gasteiger charge is -2.21. The monoisotopic (exact) mass is 421 g/mol. The zero-order valence-corrected chi connectivity index (χ0v) is 14.7. The summed E-state index contributed by atoms with van der Waals surface area (Å²) in [6.45, 7) is 1.43. The van der Waals surface area contributed by atoms with Gasteiger partial charge < -0.3 is 0 Å². The van der Waals surface area contributed by atoms with Crippen LogP contribution in [0.25, 0.3) is 0 Å². The Bertz CT molecular complexity index is 970. The molecular formula is C18H8F8NP. The van der Waals surface area contributed by atoms with E-state index in [-0.39, 0.29) is 17.8 Å². The normalized spacial score (nSPS) is 11.4. The molecular weight excluding hydrogens is 413 g/mol. The molecule has 3 aromatic rings. The number of halogens is 8. The largest absolute Gasteiger partial charge is 0.253 e. The van der Waals surface area contributed by atoms with E-state index >= 15 is 0 Å². The van der Waals surface area contributed by atoms with Crippen LogP contribution >= 0.6 is 7.92 Å². The molecule has 0 N–H and O–H groups in total. The van der Waals surface area contributed by atoms with Gasteiger partial charge >= 0.3 is 0 Å². The van der Waals surface area contributed by atoms with Crippen LogP contribution < -0.4 is 16.0 Å². The predicted octanol–water partition coefficient (Wildman–Crippen LogP) is 4.26. The maximum atomic E-state index is 14.4. The van der Waals surface area contributed by atoms with Crippen LogP contribution in [-0.2, 0) is 0 Å². The molecule has 1 heterocycles. The fourth-order valence-electron chi connectivity index (χ4n) is 2.51. The number of hydrogen-bond donors (Lipinski definition) is 0. The van der Waals surface area contributed by atoms with E-state index in [0.717, 1.165) is 6.07 Å². The van der Waals surface area contributed by atoms with Crippen molar-refractivity contribution in [1.29, 1.82) is 0 Å². The Labute approximate surface area is 154 Å². The number of pyridine rings is 1. The molecule has 0 aliphatic rings. The number of nitrogens with zero attached hydrogens (tertiary/aromatic N) is 1. The average molecular weight is 421 g/mol. The highest BCUT2D eigenvalue weighted by Gasteiger charge is 2.35. The van der Waals surface area contributed by atoms with E-state index in [1.807, 2.05) is 0 Å². The van der Waals surface area contributed by atoms with E-state index in [1.54, 1.807) is 0 Å². The van der Waals surface area contributed by atoms with Crippen molar-refractivity contribution < 1.29 is 35.1 Å². The van der Waals surface area contributed by atoms with Gasteiger partial charge in [0.15, 0.2) is 46.5 Å². The van der Waals surface area contributed by atoms with E-state index in [9.17, 15) is 35.1 Å². The zero-order valence-electron chi connectivity index (χ0n) is 13.8. The van der Waals surface area contributed by atoms with Gasteiger partial charge in [-0.25, -0.2) is 35.1 Å². The summed E-state index contributed by atoms with van der Waals surface area (Å²) in [6.07, 6.45) is 0. The van der Waals surface area contributed by atoms with E-state index < -0.39 is 70.5 Å². The van der Waals surface area contributed by atoms with Crippen LogP contribution in [-0.4, -0.2) is 4.98 Å². The number of hydrogen-bond acceptors (Lipinski definition) is 1. The molecule has 0 aliphatic carbocycles. The smallest absolute Gasteiger partial charge is 0.170 e. The van der Waals surface area contributed by atoms with Crippen molar-refractivity contribution in [3.8, 4) is 0 Å². The topological polar surface area (TPSA) is 12.9 Å². The SMILES string of the molecule is Cc1cccc(P(c2c(F)c(F)cc(F)c2F)c2c(F)c(F)cc(F)c2F)n1. The standard InChI is InChI=1S/C18H8F8NP/c1-7-3-2-4-12(27-7)28(17-13(23)8(19)5-9(20)14(17)24)18-15(25)10(21)6-11(22)16(18)26/h2-6H,1H3. The van der Waals surface area contributed by atoms with Crippen molar-refractivity contribution in [1.82, 2.24) is 4.98 Å². The van der Waals surface area contributed by atoms with Gasteiger partial charge in [-0.1, -0.05) is 6.07 Å². The number of aromatic nitrogens is 1. The van der Waals surface area contributed by atoms with Crippen molar-refractivity contribution >= 4 is 24.0 Å². The van der Waals surface area contributed by atoms with Gasteiger partial charge in [-0.05, 0) is 19.1 Å².